The summed E-state index contributed by atoms with van der Waals surface area (Å²) in [6.07, 6.45) is 0. The van der Waals surface area contributed by atoms with Gasteiger partial charge in [0.25, 0.3) is 0 Å². The van der Waals surface area contributed by atoms with E-state index in [0.717, 1.165) is 11.3 Å². The summed E-state index contributed by atoms with van der Waals surface area (Å²) in [6, 6.07) is 8.43. The number of halogens is 1. The fourth-order valence-electron chi connectivity index (χ4n) is 2.40. The molecule has 0 aliphatic heterocycles. The number of fused-ring (bicyclic) bond motifs is 1. The zero-order valence-electron chi connectivity index (χ0n) is 11.5. The second-order valence-corrected chi connectivity index (χ2v) is 5.29. The van der Waals surface area contributed by atoms with Crippen molar-refractivity contribution in [3.63, 3.8) is 0 Å². The average Bonchev–Trinajstić information content (AvgIpc) is 2.76. The van der Waals surface area contributed by atoms with E-state index >= 15 is 0 Å². The van der Waals surface area contributed by atoms with Crippen molar-refractivity contribution in [2.45, 2.75) is 13.8 Å². The summed E-state index contributed by atoms with van der Waals surface area (Å²) in [5, 5.41) is 10.4. The summed E-state index contributed by atoms with van der Waals surface area (Å²) in [5.41, 5.74) is 2.15. The van der Waals surface area contributed by atoms with Crippen molar-refractivity contribution >= 4 is 28.5 Å². The highest BCUT2D eigenvalue weighted by Gasteiger charge is 2.16. The quantitative estimate of drug-likeness (QED) is 0.759. The number of nitrogens with zero attached hydrogens (tertiary/aromatic N) is 1. The first-order valence-electron chi connectivity index (χ1n) is 6.36. The average molecular weight is 302 g/mol. The van der Waals surface area contributed by atoms with Gasteiger partial charge >= 0.3 is 5.97 Å². The maximum atomic E-state index is 11.5. The number of hydrogen-bond acceptors (Lipinski definition) is 3. The zero-order valence-corrected chi connectivity index (χ0v) is 12.2. The molecule has 0 fully saturated rings. The first-order chi connectivity index (χ1) is 9.95. The predicted molar refractivity (Wildman–Crippen MR) is 80.9 cm³/mol. The predicted octanol–water partition coefficient (Wildman–Crippen LogP) is 4.46. The molecule has 1 aromatic carbocycles. The van der Waals surface area contributed by atoms with E-state index in [9.17, 15) is 9.90 Å². The maximum absolute atomic E-state index is 11.5. The number of rotatable bonds is 2. The lowest BCUT2D eigenvalue weighted by Gasteiger charge is -2.06. The monoisotopic (exact) mass is 301 g/mol. The largest absolute Gasteiger partial charge is 0.478 e. The minimum Gasteiger partial charge on any atom is -0.478 e. The van der Waals surface area contributed by atoms with Gasteiger partial charge in [0, 0.05) is 16.0 Å². The summed E-state index contributed by atoms with van der Waals surface area (Å²) in [6.45, 7) is 3.67. The van der Waals surface area contributed by atoms with Gasteiger partial charge in [0.15, 0.2) is 0 Å². The number of carboxylic acid groups (broad SMARTS) is 1. The van der Waals surface area contributed by atoms with Crippen LogP contribution in [0.2, 0.25) is 5.02 Å². The Hall–Kier alpha value is -2.33. The van der Waals surface area contributed by atoms with Crippen molar-refractivity contribution in [3.8, 4) is 11.3 Å². The van der Waals surface area contributed by atoms with E-state index in [1.165, 1.54) is 0 Å². The van der Waals surface area contributed by atoms with Crippen LogP contribution in [0.3, 0.4) is 0 Å². The third kappa shape index (κ3) is 2.38. The maximum Gasteiger partial charge on any atom is 0.336 e. The number of pyridine rings is 1. The van der Waals surface area contributed by atoms with E-state index in [0.29, 0.717) is 27.4 Å². The Labute approximate surface area is 126 Å². The number of aromatic nitrogens is 1. The molecule has 3 rings (SSSR count). The molecule has 21 heavy (non-hydrogen) atoms. The van der Waals surface area contributed by atoms with E-state index in [-0.39, 0.29) is 5.56 Å². The standard InChI is InChI=1S/C16H12ClNO3/c1-8-5-11(9(2)21-8)15-7-13(16(19)20)12-6-10(17)3-4-14(12)18-15/h3-7H,1-2H3,(H,19,20). The molecule has 0 amide bonds. The molecule has 2 aromatic heterocycles. The van der Waals surface area contributed by atoms with Crippen LogP contribution in [0.25, 0.3) is 22.2 Å². The van der Waals surface area contributed by atoms with Gasteiger partial charge in [-0.25, -0.2) is 9.78 Å². The second kappa shape index (κ2) is 4.90. The fourth-order valence-corrected chi connectivity index (χ4v) is 2.57. The highest BCUT2D eigenvalue weighted by Crippen LogP contribution is 2.30. The first-order valence-corrected chi connectivity index (χ1v) is 6.74. The van der Waals surface area contributed by atoms with Gasteiger partial charge in [-0.15, -0.1) is 0 Å². The summed E-state index contributed by atoms with van der Waals surface area (Å²) < 4.78 is 5.49. The van der Waals surface area contributed by atoms with E-state index in [2.05, 4.69) is 4.98 Å². The van der Waals surface area contributed by atoms with Crippen LogP contribution in [0.4, 0.5) is 0 Å². The van der Waals surface area contributed by atoms with Gasteiger partial charge in [-0.2, -0.15) is 0 Å². The van der Waals surface area contributed by atoms with Crippen LogP contribution in [-0.4, -0.2) is 16.1 Å². The molecule has 0 unspecified atom stereocenters. The molecule has 0 aliphatic rings. The lowest BCUT2D eigenvalue weighted by atomic mass is 10.0. The molecule has 0 aliphatic carbocycles. The number of furan rings is 1. The van der Waals surface area contributed by atoms with E-state index in [1.807, 2.05) is 19.9 Å². The molecular formula is C16H12ClNO3. The highest BCUT2D eigenvalue weighted by atomic mass is 35.5. The smallest absolute Gasteiger partial charge is 0.336 e. The Bertz CT molecular complexity index is 867. The molecule has 0 spiro atoms. The number of carbonyl (C=O) groups is 1. The number of hydrogen-bond donors (Lipinski definition) is 1. The molecule has 0 radical (unpaired) electrons. The number of carboxylic acids is 1. The van der Waals surface area contributed by atoms with Gasteiger partial charge < -0.3 is 9.52 Å². The van der Waals surface area contributed by atoms with Crippen LogP contribution < -0.4 is 0 Å². The van der Waals surface area contributed by atoms with Crippen molar-refractivity contribution < 1.29 is 14.3 Å². The van der Waals surface area contributed by atoms with Crippen molar-refractivity contribution in [1.82, 2.24) is 4.98 Å². The van der Waals surface area contributed by atoms with Gasteiger partial charge in [0.05, 0.1) is 16.8 Å². The summed E-state index contributed by atoms with van der Waals surface area (Å²) >= 11 is 5.94. The number of aromatic carboxylic acids is 1. The Kier molecular flexibility index (Phi) is 3.18. The third-order valence-corrected chi connectivity index (χ3v) is 3.55. The van der Waals surface area contributed by atoms with Crippen molar-refractivity contribution in [3.05, 3.63) is 52.4 Å². The Morgan fingerprint density at radius 1 is 1.24 bits per heavy atom. The molecule has 5 heteroatoms. The van der Waals surface area contributed by atoms with Gasteiger partial charge in [-0.3, -0.25) is 0 Å². The van der Waals surface area contributed by atoms with E-state index in [1.54, 1.807) is 24.3 Å². The summed E-state index contributed by atoms with van der Waals surface area (Å²) in [7, 11) is 0. The molecule has 4 nitrogen and oxygen atoms in total. The number of aryl methyl sites for hydroxylation is 2. The SMILES string of the molecule is Cc1cc(-c2cc(C(=O)O)c3cc(Cl)ccc3n2)c(C)o1. The molecule has 2 heterocycles. The minimum atomic E-state index is -1.01. The molecule has 106 valence electrons. The Morgan fingerprint density at radius 3 is 2.62 bits per heavy atom. The van der Waals surface area contributed by atoms with Crippen molar-refractivity contribution in [2.75, 3.05) is 0 Å². The van der Waals surface area contributed by atoms with Crippen molar-refractivity contribution in [2.24, 2.45) is 0 Å². The van der Waals surface area contributed by atoms with Gasteiger partial charge in [-0.1, -0.05) is 11.6 Å². The third-order valence-electron chi connectivity index (χ3n) is 3.32. The molecule has 0 atom stereocenters. The molecule has 0 saturated heterocycles. The molecule has 1 N–H and O–H groups in total. The first kappa shape index (κ1) is 13.6. The lowest BCUT2D eigenvalue weighted by Crippen LogP contribution is -2.00. The highest BCUT2D eigenvalue weighted by molar-refractivity contribution is 6.31. The number of benzene rings is 1. The Morgan fingerprint density at radius 2 is 2.00 bits per heavy atom. The summed E-state index contributed by atoms with van der Waals surface area (Å²) in [4.78, 5) is 16.0. The van der Waals surface area contributed by atoms with Crippen LogP contribution in [0.5, 0.6) is 0 Å². The van der Waals surface area contributed by atoms with Crippen LogP contribution in [0.1, 0.15) is 21.9 Å². The molecule has 0 bridgehead atoms. The lowest BCUT2D eigenvalue weighted by molar-refractivity contribution is 0.0699. The minimum absolute atomic E-state index is 0.177. The van der Waals surface area contributed by atoms with Crippen LogP contribution in [0, 0.1) is 13.8 Å². The topological polar surface area (TPSA) is 63.3 Å². The van der Waals surface area contributed by atoms with Gasteiger partial charge in [0.2, 0.25) is 0 Å². The van der Waals surface area contributed by atoms with Gasteiger partial charge in [-0.05, 0) is 44.2 Å². The van der Waals surface area contributed by atoms with Gasteiger partial charge in [0.1, 0.15) is 11.5 Å². The van der Waals surface area contributed by atoms with Crippen LogP contribution in [0.15, 0.2) is 34.7 Å². The normalized spacial score (nSPS) is 11.0. The molecular weight excluding hydrogens is 290 g/mol. The van der Waals surface area contributed by atoms with E-state index < -0.39 is 5.97 Å². The van der Waals surface area contributed by atoms with Crippen LogP contribution in [-0.2, 0) is 0 Å². The van der Waals surface area contributed by atoms with E-state index in [4.69, 9.17) is 16.0 Å². The van der Waals surface area contributed by atoms with Crippen LogP contribution >= 0.6 is 11.6 Å². The zero-order chi connectivity index (χ0) is 15.1. The fraction of sp³-hybridized carbons (Fsp3) is 0.125. The summed E-state index contributed by atoms with van der Waals surface area (Å²) in [5.74, 6) is 0.464. The molecule has 3 aromatic rings. The molecule has 0 saturated carbocycles. The van der Waals surface area contributed by atoms with Crippen molar-refractivity contribution in [1.29, 1.82) is 0 Å². The Balaban J connectivity index is 2.33. The second-order valence-electron chi connectivity index (χ2n) is 4.85.